The summed E-state index contributed by atoms with van der Waals surface area (Å²) in [6.45, 7) is 0.318. The molecular formula is C22H25N3O5S. The Morgan fingerprint density at radius 3 is 2.55 bits per heavy atom. The Hall–Kier alpha value is -3.33. The van der Waals surface area contributed by atoms with E-state index in [9.17, 15) is 13.2 Å². The van der Waals surface area contributed by atoms with E-state index in [4.69, 9.17) is 15.2 Å². The van der Waals surface area contributed by atoms with Crippen LogP contribution in [-0.2, 0) is 16.6 Å². The third-order valence-corrected chi connectivity index (χ3v) is 6.22. The molecule has 1 amide bonds. The van der Waals surface area contributed by atoms with Gasteiger partial charge in [-0.1, -0.05) is 12.1 Å². The number of methoxy groups -OCH3 is 2. The molecule has 8 nitrogen and oxygen atoms in total. The summed E-state index contributed by atoms with van der Waals surface area (Å²) < 4.78 is 38.5. The molecule has 0 spiro atoms. The minimum absolute atomic E-state index is 0.0568. The number of rotatable bonds is 9. The van der Waals surface area contributed by atoms with E-state index in [0.717, 1.165) is 24.0 Å². The standard InChI is InChI=1S/C22H25N3O5S/c1-29-19-9-8-16(15-4-5-15)13-21(19)31(27,28)25-22(26)17-6-7-18(20(12-17)30-2)14-24-11-3-10-23/h3,6-13,15H,4-5,14,23H2,1-2H3,(H,25,26)/b10-3-,24-11?. The molecular weight excluding hydrogens is 418 g/mol. The summed E-state index contributed by atoms with van der Waals surface area (Å²) in [6, 6.07) is 9.71. The van der Waals surface area contributed by atoms with Gasteiger partial charge in [0.05, 0.1) is 20.8 Å². The van der Waals surface area contributed by atoms with Crippen molar-refractivity contribution in [2.75, 3.05) is 14.2 Å². The molecule has 0 unspecified atom stereocenters. The van der Waals surface area contributed by atoms with Crippen LogP contribution in [0, 0.1) is 0 Å². The molecule has 0 aliphatic heterocycles. The number of nitrogens with two attached hydrogens (primary N) is 1. The van der Waals surface area contributed by atoms with Crippen LogP contribution in [0.1, 0.15) is 40.2 Å². The highest BCUT2D eigenvalue weighted by atomic mass is 32.2. The highest BCUT2D eigenvalue weighted by Crippen LogP contribution is 2.42. The number of ether oxygens (including phenoxy) is 2. The average Bonchev–Trinajstić information content (AvgIpc) is 3.61. The summed E-state index contributed by atoms with van der Waals surface area (Å²) in [5, 5.41) is 0. The van der Waals surface area contributed by atoms with Crippen LogP contribution in [0.25, 0.3) is 0 Å². The number of nitrogens with zero attached hydrogens (tertiary/aromatic N) is 1. The van der Waals surface area contributed by atoms with Gasteiger partial charge in [0.15, 0.2) is 0 Å². The molecule has 1 fully saturated rings. The third-order valence-electron chi connectivity index (χ3n) is 4.87. The van der Waals surface area contributed by atoms with Gasteiger partial charge in [0.2, 0.25) is 0 Å². The summed E-state index contributed by atoms with van der Waals surface area (Å²) >= 11 is 0. The maximum absolute atomic E-state index is 12.9. The topological polar surface area (TPSA) is 120 Å². The van der Waals surface area contributed by atoms with Crippen molar-refractivity contribution in [3.8, 4) is 11.5 Å². The summed E-state index contributed by atoms with van der Waals surface area (Å²) in [4.78, 5) is 16.8. The zero-order valence-electron chi connectivity index (χ0n) is 17.4. The number of carbonyl (C=O) groups excluding carboxylic acids is 1. The van der Waals surface area contributed by atoms with Crippen molar-refractivity contribution < 1.29 is 22.7 Å². The maximum atomic E-state index is 12.9. The first-order valence-electron chi connectivity index (χ1n) is 9.68. The number of carbonyl (C=O) groups is 1. The number of allylic oxidation sites excluding steroid dienone is 1. The number of nitrogens with one attached hydrogen (secondary N) is 1. The van der Waals surface area contributed by atoms with Gasteiger partial charge in [-0.25, -0.2) is 13.1 Å². The van der Waals surface area contributed by atoms with Crippen LogP contribution >= 0.6 is 0 Å². The van der Waals surface area contributed by atoms with Crippen molar-refractivity contribution in [3.63, 3.8) is 0 Å². The molecule has 2 aromatic carbocycles. The Morgan fingerprint density at radius 1 is 1.16 bits per heavy atom. The van der Waals surface area contributed by atoms with E-state index >= 15 is 0 Å². The second kappa shape index (κ2) is 9.65. The minimum atomic E-state index is -4.14. The molecule has 164 valence electrons. The summed E-state index contributed by atoms with van der Waals surface area (Å²) in [6.07, 6.45) is 6.55. The maximum Gasteiger partial charge on any atom is 0.268 e. The Labute approximate surface area is 181 Å². The van der Waals surface area contributed by atoms with Crippen LogP contribution in [0.3, 0.4) is 0 Å². The predicted molar refractivity (Wildman–Crippen MR) is 118 cm³/mol. The van der Waals surface area contributed by atoms with Gasteiger partial charge >= 0.3 is 0 Å². The Morgan fingerprint density at radius 2 is 1.90 bits per heavy atom. The highest BCUT2D eigenvalue weighted by Gasteiger charge is 2.28. The largest absolute Gasteiger partial charge is 0.496 e. The third kappa shape index (κ3) is 5.43. The lowest BCUT2D eigenvalue weighted by Crippen LogP contribution is -2.31. The van der Waals surface area contributed by atoms with Crippen molar-refractivity contribution in [1.82, 2.24) is 4.72 Å². The first-order valence-corrected chi connectivity index (χ1v) is 11.2. The van der Waals surface area contributed by atoms with Gasteiger partial charge in [-0.2, -0.15) is 0 Å². The number of sulfonamides is 1. The van der Waals surface area contributed by atoms with Crippen LogP contribution < -0.4 is 19.9 Å². The number of hydrogen-bond donors (Lipinski definition) is 2. The van der Waals surface area contributed by atoms with Crippen LogP contribution in [0.15, 0.2) is 58.6 Å². The molecule has 1 aliphatic carbocycles. The highest BCUT2D eigenvalue weighted by molar-refractivity contribution is 7.90. The van der Waals surface area contributed by atoms with E-state index in [1.54, 1.807) is 30.5 Å². The lowest BCUT2D eigenvalue weighted by molar-refractivity contribution is 0.0981. The fraction of sp³-hybridized carbons (Fsp3) is 0.273. The SMILES string of the molecule is COc1cc(C(=O)NS(=O)(=O)c2cc(C3CC3)ccc2OC)ccc1CN=C/C=C\N. The number of amides is 1. The summed E-state index contributed by atoms with van der Waals surface area (Å²) in [7, 11) is -1.28. The molecule has 3 N–H and O–H groups in total. The van der Waals surface area contributed by atoms with Crippen molar-refractivity contribution in [2.24, 2.45) is 10.7 Å². The summed E-state index contributed by atoms with van der Waals surface area (Å²) in [5.74, 6) is 0.197. The predicted octanol–water partition coefficient (Wildman–Crippen LogP) is 2.74. The van der Waals surface area contributed by atoms with Gasteiger partial charge in [0, 0.05) is 17.3 Å². The Kier molecular flexibility index (Phi) is 6.96. The van der Waals surface area contributed by atoms with Gasteiger partial charge in [-0.3, -0.25) is 9.79 Å². The first kappa shape index (κ1) is 22.4. The fourth-order valence-corrected chi connectivity index (χ4v) is 4.27. The Bertz CT molecular complexity index is 1120. The lowest BCUT2D eigenvalue weighted by atomic mass is 10.1. The molecule has 0 aromatic heterocycles. The fourth-order valence-electron chi connectivity index (χ4n) is 3.09. The molecule has 3 rings (SSSR count). The molecule has 31 heavy (non-hydrogen) atoms. The zero-order valence-corrected chi connectivity index (χ0v) is 18.2. The van der Waals surface area contributed by atoms with E-state index in [2.05, 4.69) is 9.71 Å². The molecule has 9 heteroatoms. The van der Waals surface area contributed by atoms with E-state index in [0.29, 0.717) is 18.2 Å². The van der Waals surface area contributed by atoms with Crippen LogP contribution in [0.5, 0.6) is 11.5 Å². The lowest BCUT2D eigenvalue weighted by Gasteiger charge is -2.13. The molecule has 1 aliphatic rings. The average molecular weight is 444 g/mol. The van der Waals surface area contributed by atoms with E-state index in [1.165, 1.54) is 32.6 Å². The van der Waals surface area contributed by atoms with Gasteiger partial charge in [0.1, 0.15) is 16.4 Å². The molecule has 0 radical (unpaired) electrons. The quantitative estimate of drug-likeness (QED) is 0.575. The minimum Gasteiger partial charge on any atom is -0.496 e. The molecule has 0 heterocycles. The zero-order chi connectivity index (χ0) is 22.4. The van der Waals surface area contributed by atoms with E-state index in [-0.39, 0.29) is 16.2 Å². The monoisotopic (exact) mass is 443 g/mol. The number of aliphatic imine (C=N–C) groups is 1. The van der Waals surface area contributed by atoms with Gasteiger partial charge in [-0.15, -0.1) is 0 Å². The van der Waals surface area contributed by atoms with Gasteiger partial charge in [-0.05, 0) is 60.9 Å². The first-order chi connectivity index (χ1) is 14.9. The second-order valence-electron chi connectivity index (χ2n) is 7.02. The van der Waals surface area contributed by atoms with Crippen molar-refractivity contribution in [1.29, 1.82) is 0 Å². The van der Waals surface area contributed by atoms with E-state index in [1.807, 2.05) is 6.07 Å². The summed E-state index contributed by atoms with van der Waals surface area (Å²) in [5.41, 5.74) is 7.06. The Balaban J connectivity index is 1.82. The molecule has 1 saturated carbocycles. The molecule has 2 aromatic rings. The second-order valence-corrected chi connectivity index (χ2v) is 8.67. The van der Waals surface area contributed by atoms with Crippen molar-refractivity contribution >= 4 is 22.1 Å². The number of benzene rings is 2. The normalized spacial score (nSPS) is 14.1. The van der Waals surface area contributed by atoms with Crippen LogP contribution in [-0.4, -0.2) is 34.8 Å². The van der Waals surface area contributed by atoms with Crippen LogP contribution in [0.4, 0.5) is 0 Å². The molecule has 0 saturated heterocycles. The van der Waals surface area contributed by atoms with E-state index < -0.39 is 15.9 Å². The van der Waals surface area contributed by atoms with Crippen molar-refractivity contribution in [2.45, 2.75) is 30.2 Å². The van der Waals surface area contributed by atoms with Gasteiger partial charge < -0.3 is 15.2 Å². The molecule has 0 atom stereocenters. The van der Waals surface area contributed by atoms with Gasteiger partial charge in [0.25, 0.3) is 15.9 Å². The smallest absolute Gasteiger partial charge is 0.268 e. The molecule has 0 bridgehead atoms. The van der Waals surface area contributed by atoms with Crippen molar-refractivity contribution in [3.05, 3.63) is 65.4 Å². The van der Waals surface area contributed by atoms with Crippen LogP contribution in [0.2, 0.25) is 0 Å². The number of hydrogen-bond acceptors (Lipinski definition) is 7.